The first-order valence-electron chi connectivity index (χ1n) is 7.39. The molecule has 1 fully saturated rings. The van der Waals surface area contributed by atoms with Crippen LogP contribution >= 0.6 is 0 Å². The third-order valence-electron chi connectivity index (χ3n) is 3.61. The largest absolute Gasteiger partial charge is 0.327 e. The Morgan fingerprint density at radius 3 is 2.18 bits per heavy atom. The highest BCUT2D eigenvalue weighted by Crippen LogP contribution is 2.37. The lowest BCUT2D eigenvalue weighted by Crippen LogP contribution is -2.46. The van der Waals surface area contributed by atoms with Crippen molar-refractivity contribution in [1.82, 2.24) is 0 Å². The van der Waals surface area contributed by atoms with Crippen molar-refractivity contribution in [3.05, 3.63) is 12.7 Å². The van der Waals surface area contributed by atoms with Crippen LogP contribution in [0, 0.1) is 17.8 Å². The number of rotatable bonds is 4. The Labute approximate surface area is 110 Å². The van der Waals surface area contributed by atoms with Gasteiger partial charge >= 0.3 is 0 Å². The quantitative estimate of drug-likeness (QED) is 0.688. The zero-order valence-electron chi connectivity index (χ0n) is 13.0. The van der Waals surface area contributed by atoms with Crippen LogP contribution in [0.2, 0.25) is 0 Å². The lowest BCUT2D eigenvalue weighted by Gasteiger charge is -2.41. The van der Waals surface area contributed by atoms with E-state index in [4.69, 9.17) is 5.73 Å². The molecule has 1 saturated carbocycles. The van der Waals surface area contributed by atoms with Gasteiger partial charge in [0.15, 0.2) is 0 Å². The highest BCUT2D eigenvalue weighted by atomic mass is 14.7. The Kier molecular flexibility index (Phi) is 13.6. The predicted molar refractivity (Wildman–Crippen MR) is 81.2 cm³/mol. The van der Waals surface area contributed by atoms with Gasteiger partial charge in [0, 0.05) is 6.04 Å². The fourth-order valence-corrected chi connectivity index (χ4v) is 2.18. The third-order valence-corrected chi connectivity index (χ3v) is 3.61. The Balaban J connectivity index is 0. The summed E-state index contributed by atoms with van der Waals surface area (Å²) in [6.45, 7) is 16.2. The van der Waals surface area contributed by atoms with Crippen molar-refractivity contribution in [3.8, 4) is 0 Å². The summed E-state index contributed by atoms with van der Waals surface area (Å²) in [7, 11) is 0. The average molecular weight is 241 g/mol. The molecule has 0 aromatic rings. The van der Waals surface area contributed by atoms with Crippen LogP contribution in [0.5, 0.6) is 0 Å². The zero-order chi connectivity index (χ0) is 13.8. The maximum absolute atomic E-state index is 5.94. The van der Waals surface area contributed by atoms with Crippen molar-refractivity contribution in [2.45, 2.75) is 73.3 Å². The van der Waals surface area contributed by atoms with Crippen molar-refractivity contribution in [1.29, 1.82) is 0 Å². The summed E-state index contributed by atoms with van der Waals surface area (Å²) in [5.74, 6) is 2.62. The van der Waals surface area contributed by atoms with Gasteiger partial charge in [-0.2, -0.15) is 0 Å². The second kappa shape index (κ2) is 12.2. The molecule has 0 bridgehead atoms. The van der Waals surface area contributed by atoms with Gasteiger partial charge < -0.3 is 5.73 Å². The molecule has 4 atom stereocenters. The fourth-order valence-electron chi connectivity index (χ4n) is 2.18. The minimum Gasteiger partial charge on any atom is -0.327 e. The predicted octanol–water partition coefficient (Wildman–Crippen LogP) is 5.01. The molecule has 0 aliphatic heterocycles. The summed E-state index contributed by atoms with van der Waals surface area (Å²) in [4.78, 5) is 0. The number of allylic oxidation sites excluding steroid dienone is 1. The summed E-state index contributed by atoms with van der Waals surface area (Å²) in [5.41, 5.74) is 5.94. The van der Waals surface area contributed by atoms with E-state index in [2.05, 4.69) is 27.4 Å². The first-order chi connectivity index (χ1) is 8.06. The maximum atomic E-state index is 5.94. The van der Waals surface area contributed by atoms with Crippen molar-refractivity contribution in [2.24, 2.45) is 23.5 Å². The molecule has 0 spiro atoms. The Morgan fingerprint density at radius 2 is 1.88 bits per heavy atom. The van der Waals surface area contributed by atoms with E-state index in [9.17, 15) is 0 Å². The van der Waals surface area contributed by atoms with Crippen LogP contribution in [0.4, 0.5) is 0 Å². The summed E-state index contributed by atoms with van der Waals surface area (Å²) in [5, 5.41) is 0. The maximum Gasteiger partial charge on any atom is 0.00723 e. The first-order valence-corrected chi connectivity index (χ1v) is 7.39. The number of hydrogen-bond acceptors (Lipinski definition) is 1. The van der Waals surface area contributed by atoms with Gasteiger partial charge in [0.05, 0.1) is 0 Å². The summed E-state index contributed by atoms with van der Waals surface area (Å²) in [6, 6.07) is 0.518. The Hall–Kier alpha value is -0.300. The Morgan fingerprint density at radius 1 is 1.41 bits per heavy atom. The molecule has 1 nitrogen and oxygen atoms in total. The lowest BCUT2D eigenvalue weighted by atomic mass is 9.68. The molecule has 4 unspecified atom stereocenters. The number of nitrogens with two attached hydrogens (primary N) is 1. The molecule has 1 heteroatoms. The molecule has 0 radical (unpaired) electrons. The second-order valence-corrected chi connectivity index (χ2v) is 5.04. The van der Waals surface area contributed by atoms with Crippen molar-refractivity contribution in [3.63, 3.8) is 0 Å². The molecule has 0 amide bonds. The van der Waals surface area contributed by atoms with Crippen LogP contribution in [0.3, 0.4) is 0 Å². The van der Waals surface area contributed by atoms with Gasteiger partial charge in [-0.25, -0.2) is 0 Å². The lowest BCUT2D eigenvalue weighted by molar-refractivity contribution is 0.133. The molecule has 1 rings (SSSR count). The first kappa shape index (κ1) is 19.0. The monoisotopic (exact) mass is 241 g/mol. The van der Waals surface area contributed by atoms with Crippen LogP contribution in [0.1, 0.15) is 67.2 Å². The standard InChI is InChI=1S/C11H23N.C3H6.C2H6/c1-4-8(2)5-6-10-9(3)7-11(10)12;1-3-2;1-2/h8-11H,4-7,12H2,1-3H3;3H,1H2,2H3;1-2H3. The smallest absolute Gasteiger partial charge is 0.00723 e. The van der Waals surface area contributed by atoms with Crippen LogP contribution in [0.25, 0.3) is 0 Å². The van der Waals surface area contributed by atoms with Gasteiger partial charge in [-0.1, -0.05) is 53.5 Å². The van der Waals surface area contributed by atoms with Crippen LogP contribution in [-0.4, -0.2) is 6.04 Å². The zero-order valence-corrected chi connectivity index (χ0v) is 13.0. The normalized spacial score (nSPS) is 27.6. The average Bonchev–Trinajstić information content (AvgIpc) is 2.32. The van der Waals surface area contributed by atoms with E-state index in [1.54, 1.807) is 6.08 Å². The van der Waals surface area contributed by atoms with Crippen molar-refractivity contribution < 1.29 is 0 Å². The van der Waals surface area contributed by atoms with Crippen LogP contribution in [0.15, 0.2) is 12.7 Å². The fraction of sp³-hybridized carbons (Fsp3) is 0.875. The molecule has 0 heterocycles. The summed E-state index contributed by atoms with van der Waals surface area (Å²) in [6.07, 6.45) is 7.05. The number of hydrogen-bond donors (Lipinski definition) is 1. The van der Waals surface area contributed by atoms with E-state index in [1.807, 2.05) is 20.8 Å². The molecule has 104 valence electrons. The minimum atomic E-state index is 0.518. The summed E-state index contributed by atoms with van der Waals surface area (Å²) >= 11 is 0. The van der Waals surface area contributed by atoms with E-state index >= 15 is 0 Å². The van der Waals surface area contributed by atoms with Crippen LogP contribution in [-0.2, 0) is 0 Å². The van der Waals surface area contributed by atoms with Crippen molar-refractivity contribution >= 4 is 0 Å². The molecule has 0 aromatic carbocycles. The van der Waals surface area contributed by atoms with E-state index in [0.717, 1.165) is 17.8 Å². The molecule has 2 N–H and O–H groups in total. The van der Waals surface area contributed by atoms with Gasteiger partial charge in [0.1, 0.15) is 0 Å². The van der Waals surface area contributed by atoms with Gasteiger partial charge in [0.2, 0.25) is 0 Å². The SMILES string of the molecule is C=CC.CC.CCC(C)CCC1C(C)CC1N. The van der Waals surface area contributed by atoms with Crippen LogP contribution < -0.4 is 5.73 Å². The van der Waals surface area contributed by atoms with E-state index < -0.39 is 0 Å². The molecule has 0 aromatic heterocycles. The molecule has 0 saturated heterocycles. The van der Waals surface area contributed by atoms with E-state index in [1.165, 1.54) is 25.7 Å². The van der Waals surface area contributed by atoms with Gasteiger partial charge in [-0.3, -0.25) is 0 Å². The highest BCUT2D eigenvalue weighted by Gasteiger charge is 2.34. The van der Waals surface area contributed by atoms with Gasteiger partial charge in [-0.05, 0) is 37.5 Å². The minimum absolute atomic E-state index is 0.518. The van der Waals surface area contributed by atoms with Gasteiger partial charge in [0.25, 0.3) is 0 Å². The van der Waals surface area contributed by atoms with Crippen molar-refractivity contribution in [2.75, 3.05) is 0 Å². The van der Waals surface area contributed by atoms with E-state index in [-0.39, 0.29) is 0 Å². The second-order valence-electron chi connectivity index (χ2n) is 5.04. The Bertz CT molecular complexity index is 157. The molecule has 17 heavy (non-hydrogen) atoms. The molecule has 1 aliphatic carbocycles. The molecular weight excluding hydrogens is 206 g/mol. The molecule has 1 aliphatic rings. The van der Waals surface area contributed by atoms with E-state index in [0.29, 0.717) is 6.04 Å². The highest BCUT2D eigenvalue weighted by molar-refractivity contribution is 4.89. The third kappa shape index (κ3) is 8.43. The van der Waals surface area contributed by atoms with Gasteiger partial charge in [-0.15, -0.1) is 6.58 Å². The molecular formula is C16H35N. The topological polar surface area (TPSA) is 26.0 Å². The summed E-state index contributed by atoms with van der Waals surface area (Å²) < 4.78 is 0.